The van der Waals surface area contributed by atoms with Gasteiger partial charge in [-0.2, -0.15) is 0 Å². The minimum atomic E-state index is -0.988. The lowest BCUT2D eigenvalue weighted by Gasteiger charge is -2.32. The van der Waals surface area contributed by atoms with Gasteiger partial charge in [0, 0.05) is 37.8 Å². The number of carboxylic acids is 1. The molecule has 0 fully saturated rings. The smallest absolute Gasteiger partial charge is 0.320 e. The van der Waals surface area contributed by atoms with Gasteiger partial charge in [-0.05, 0) is 81.7 Å². The Morgan fingerprint density at radius 1 is 0.711 bits per heavy atom. The Morgan fingerprint density at radius 3 is 1.53 bits per heavy atom. The molecule has 0 aliphatic carbocycles. The molecule has 222 valence electrons. The SMILES string of the molecule is CNC(=O)CC(C)(C)OCCC(C)(C)NC(=O)CC(C)(C)OCCC(C)(C)NC(=O)CCC(NC)C(=O)O. The number of rotatable bonds is 19. The fourth-order valence-electron chi connectivity index (χ4n) is 3.78. The lowest BCUT2D eigenvalue weighted by atomic mass is 9.97. The number of carbonyl (C=O) groups excluding carboxylic acids is 3. The van der Waals surface area contributed by atoms with Crippen LogP contribution in [0.5, 0.6) is 0 Å². The number of amides is 3. The number of carboxylic acid groups (broad SMARTS) is 1. The first-order chi connectivity index (χ1) is 17.2. The van der Waals surface area contributed by atoms with Crippen LogP contribution in [0.2, 0.25) is 0 Å². The molecule has 0 aromatic rings. The first-order valence-corrected chi connectivity index (χ1v) is 13.2. The quantitative estimate of drug-likeness (QED) is 0.166. The minimum Gasteiger partial charge on any atom is -0.480 e. The summed E-state index contributed by atoms with van der Waals surface area (Å²) >= 11 is 0. The molecule has 0 rings (SSSR count). The van der Waals surface area contributed by atoms with Crippen molar-refractivity contribution in [2.45, 2.75) is 122 Å². The highest BCUT2D eigenvalue weighted by molar-refractivity contribution is 5.79. The van der Waals surface area contributed by atoms with Crippen molar-refractivity contribution in [2.24, 2.45) is 0 Å². The summed E-state index contributed by atoms with van der Waals surface area (Å²) in [7, 11) is 3.14. The molecule has 0 radical (unpaired) electrons. The zero-order valence-electron chi connectivity index (χ0n) is 25.1. The summed E-state index contributed by atoms with van der Waals surface area (Å²) in [5, 5.41) is 20.3. The van der Waals surface area contributed by atoms with Gasteiger partial charge in [-0.15, -0.1) is 0 Å². The largest absolute Gasteiger partial charge is 0.480 e. The zero-order chi connectivity index (χ0) is 29.8. The Morgan fingerprint density at radius 2 is 1.13 bits per heavy atom. The molecule has 1 unspecified atom stereocenters. The maximum absolute atomic E-state index is 12.7. The number of hydrogen-bond acceptors (Lipinski definition) is 7. The van der Waals surface area contributed by atoms with E-state index in [1.807, 2.05) is 55.4 Å². The molecule has 0 heterocycles. The first kappa shape index (κ1) is 35.8. The Balaban J connectivity index is 4.55. The molecule has 11 nitrogen and oxygen atoms in total. The number of nitrogens with one attached hydrogen (secondary N) is 4. The van der Waals surface area contributed by atoms with Gasteiger partial charge in [0.05, 0.1) is 24.0 Å². The number of ether oxygens (including phenoxy) is 2. The van der Waals surface area contributed by atoms with E-state index in [0.717, 1.165) is 0 Å². The van der Waals surface area contributed by atoms with E-state index in [1.165, 1.54) is 0 Å². The Labute approximate surface area is 228 Å². The molecule has 0 aromatic carbocycles. The highest BCUT2D eigenvalue weighted by atomic mass is 16.5. The molecule has 11 heteroatoms. The van der Waals surface area contributed by atoms with E-state index in [2.05, 4.69) is 21.3 Å². The molecule has 0 aromatic heterocycles. The van der Waals surface area contributed by atoms with Crippen molar-refractivity contribution in [3.8, 4) is 0 Å². The van der Waals surface area contributed by atoms with Crippen LogP contribution in [0.15, 0.2) is 0 Å². The summed E-state index contributed by atoms with van der Waals surface area (Å²) < 4.78 is 11.9. The van der Waals surface area contributed by atoms with Crippen molar-refractivity contribution in [2.75, 3.05) is 27.3 Å². The third-order valence-corrected chi connectivity index (χ3v) is 6.15. The predicted octanol–water partition coefficient (Wildman–Crippen LogP) is 2.13. The summed E-state index contributed by atoms with van der Waals surface area (Å²) in [5.41, 5.74) is -2.37. The summed E-state index contributed by atoms with van der Waals surface area (Å²) in [6, 6.07) is -0.766. The summed E-state index contributed by atoms with van der Waals surface area (Å²) in [6.45, 7) is 15.7. The second kappa shape index (κ2) is 15.4. The molecular weight excluding hydrogens is 492 g/mol. The molecule has 0 bridgehead atoms. The van der Waals surface area contributed by atoms with Gasteiger partial charge in [-0.25, -0.2) is 0 Å². The summed E-state index contributed by atoms with van der Waals surface area (Å²) in [5.74, 6) is -1.44. The van der Waals surface area contributed by atoms with Crippen LogP contribution in [0, 0.1) is 0 Å². The average Bonchev–Trinajstić information content (AvgIpc) is 2.71. The van der Waals surface area contributed by atoms with Gasteiger partial charge in [0.25, 0.3) is 0 Å². The second-order valence-electron chi connectivity index (χ2n) is 12.3. The monoisotopic (exact) mass is 544 g/mol. The van der Waals surface area contributed by atoms with Gasteiger partial charge in [-0.1, -0.05) is 0 Å². The molecule has 5 N–H and O–H groups in total. The fraction of sp³-hybridized carbons (Fsp3) is 0.852. The van der Waals surface area contributed by atoms with Crippen LogP contribution in [-0.2, 0) is 28.7 Å². The number of hydrogen-bond donors (Lipinski definition) is 5. The summed E-state index contributed by atoms with van der Waals surface area (Å²) in [6.07, 6.45) is 1.80. The maximum atomic E-state index is 12.7. The molecule has 0 saturated carbocycles. The van der Waals surface area contributed by atoms with Gasteiger partial charge in [0.2, 0.25) is 17.7 Å². The number of carbonyl (C=O) groups is 4. The minimum absolute atomic E-state index is 0.0889. The van der Waals surface area contributed by atoms with E-state index in [0.29, 0.717) is 26.1 Å². The third-order valence-electron chi connectivity index (χ3n) is 6.15. The number of aliphatic carboxylic acids is 1. The number of likely N-dealkylation sites (N-methyl/N-ethyl adjacent to an activating group) is 1. The van der Waals surface area contributed by atoms with Crippen LogP contribution in [-0.4, -0.2) is 84.4 Å². The molecule has 1 atom stereocenters. The van der Waals surface area contributed by atoms with Crippen molar-refractivity contribution in [1.29, 1.82) is 0 Å². The average molecular weight is 545 g/mol. The summed E-state index contributed by atoms with van der Waals surface area (Å²) in [4.78, 5) is 47.7. The highest BCUT2D eigenvalue weighted by Gasteiger charge is 2.30. The standard InChI is InChI=1S/C27H52N4O7/c1-24(2,30-20(32)12-11-19(28-9)23(35)36)13-15-38-27(7,8)18-22(34)31-25(3,4)14-16-37-26(5,6)17-21(33)29-10/h19,28H,11-18H2,1-10H3,(H,29,33)(H,30,32)(H,31,34)(H,35,36). The van der Waals surface area contributed by atoms with Crippen molar-refractivity contribution in [3.05, 3.63) is 0 Å². The van der Waals surface area contributed by atoms with Gasteiger partial charge in [0.15, 0.2) is 0 Å². The second-order valence-corrected chi connectivity index (χ2v) is 12.3. The van der Waals surface area contributed by atoms with Gasteiger partial charge < -0.3 is 35.8 Å². The Kier molecular flexibility index (Phi) is 14.5. The molecule has 0 saturated heterocycles. The molecular formula is C27H52N4O7. The Hall–Kier alpha value is -2.24. The van der Waals surface area contributed by atoms with E-state index in [-0.39, 0.29) is 43.4 Å². The van der Waals surface area contributed by atoms with Crippen LogP contribution in [0.25, 0.3) is 0 Å². The van der Waals surface area contributed by atoms with Crippen LogP contribution < -0.4 is 21.3 Å². The van der Waals surface area contributed by atoms with Gasteiger partial charge in [-0.3, -0.25) is 19.2 Å². The van der Waals surface area contributed by atoms with E-state index in [9.17, 15) is 19.2 Å². The normalized spacial score (nSPS) is 13.5. The van der Waals surface area contributed by atoms with Crippen molar-refractivity contribution >= 4 is 23.7 Å². The third kappa shape index (κ3) is 16.6. The molecule has 0 aliphatic rings. The van der Waals surface area contributed by atoms with Crippen LogP contribution in [0.3, 0.4) is 0 Å². The Bertz CT molecular complexity index is 794. The predicted molar refractivity (Wildman–Crippen MR) is 147 cm³/mol. The highest BCUT2D eigenvalue weighted by Crippen LogP contribution is 2.20. The van der Waals surface area contributed by atoms with Crippen LogP contribution in [0.4, 0.5) is 0 Å². The van der Waals surface area contributed by atoms with E-state index in [1.54, 1.807) is 14.1 Å². The first-order valence-electron chi connectivity index (χ1n) is 13.2. The molecule has 3 amide bonds. The topological polar surface area (TPSA) is 155 Å². The van der Waals surface area contributed by atoms with E-state index < -0.39 is 34.3 Å². The molecule has 0 spiro atoms. The van der Waals surface area contributed by atoms with Crippen molar-refractivity contribution in [3.63, 3.8) is 0 Å². The van der Waals surface area contributed by atoms with E-state index in [4.69, 9.17) is 14.6 Å². The van der Waals surface area contributed by atoms with Gasteiger partial charge >= 0.3 is 5.97 Å². The molecule has 0 aliphatic heterocycles. The van der Waals surface area contributed by atoms with Crippen LogP contribution >= 0.6 is 0 Å². The fourth-order valence-corrected chi connectivity index (χ4v) is 3.78. The van der Waals surface area contributed by atoms with Crippen molar-refractivity contribution < 1.29 is 33.8 Å². The lowest BCUT2D eigenvalue weighted by Crippen LogP contribution is -2.47. The van der Waals surface area contributed by atoms with Gasteiger partial charge in [0.1, 0.15) is 6.04 Å². The zero-order valence-corrected chi connectivity index (χ0v) is 25.1. The lowest BCUT2D eigenvalue weighted by molar-refractivity contribution is -0.139. The van der Waals surface area contributed by atoms with Crippen LogP contribution in [0.1, 0.15) is 93.9 Å². The van der Waals surface area contributed by atoms with Crippen molar-refractivity contribution in [1.82, 2.24) is 21.3 Å². The molecule has 38 heavy (non-hydrogen) atoms. The van der Waals surface area contributed by atoms with E-state index >= 15 is 0 Å². The maximum Gasteiger partial charge on any atom is 0.320 e.